The molecule has 4 aromatic rings. The smallest absolute Gasteiger partial charge is 0.257 e. The number of hydrogen-bond acceptors (Lipinski definition) is 6. The maximum atomic E-state index is 14.3. The summed E-state index contributed by atoms with van der Waals surface area (Å²) in [5.74, 6) is -1.11. The number of pyridine rings is 2. The standard InChI is InChI=1S/C29H23ClN4O4/c1-38-25-17-31-14-12-22(25)27(35)26(18-7-3-2-4-8-18)34-24(16-20-9-5-6-13-32-20)28(36)33-23-15-19(30)10-11-21(23)29(34)37/h2-15,17,24,26H,16H2,1H3,(H,33,36)/t24-,26?/m1/s1. The molecule has 1 aliphatic rings. The van der Waals surface area contributed by atoms with Gasteiger partial charge in [0.2, 0.25) is 5.91 Å². The Morgan fingerprint density at radius 2 is 1.84 bits per heavy atom. The minimum Gasteiger partial charge on any atom is -0.494 e. The van der Waals surface area contributed by atoms with Crippen molar-refractivity contribution < 1.29 is 19.1 Å². The van der Waals surface area contributed by atoms with Crippen molar-refractivity contribution in [1.82, 2.24) is 14.9 Å². The molecule has 2 aromatic carbocycles. The molecule has 0 fully saturated rings. The lowest BCUT2D eigenvalue weighted by Gasteiger charge is -2.35. The fourth-order valence-corrected chi connectivity index (χ4v) is 4.77. The van der Waals surface area contributed by atoms with E-state index in [0.717, 1.165) is 0 Å². The van der Waals surface area contributed by atoms with Gasteiger partial charge in [-0.3, -0.25) is 24.4 Å². The van der Waals surface area contributed by atoms with Crippen LogP contribution in [-0.2, 0) is 11.2 Å². The highest BCUT2D eigenvalue weighted by atomic mass is 35.5. The molecule has 0 saturated heterocycles. The first-order valence-corrected chi connectivity index (χ1v) is 12.3. The van der Waals surface area contributed by atoms with Crippen molar-refractivity contribution in [2.45, 2.75) is 18.5 Å². The van der Waals surface area contributed by atoms with E-state index in [1.54, 1.807) is 66.9 Å². The average Bonchev–Trinajstić information content (AvgIpc) is 3.04. The summed E-state index contributed by atoms with van der Waals surface area (Å²) in [7, 11) is 1.44. The Labute approximate surface area is 224 Å². The summed E-state index contributed by atoms with van der Waals surface area (Å²) in [6, 6.07) is 18.2. The van der Waals surface area contributed by atoms with E-state index < -0.39 is 29.7 Å². The van der Waals surface area contributed by atoms with Crippen LogP contribution in [0, 0.1) is 0 Å². The molecular weight excluding hydrogens is 504 g/mol. The highest BCUT2D eigenvalue weighted by molar-refractivity contribution is 6.31. The van der Waals surface area contributed by atoms with Gasteiger partial charge in [-0.05, 0) is 42.0 Å². The van der Waals surface area contributed by atoms with Gasteiger partial charge in [-0.2, -0.15) is 0 Å². The number of fused-ring (bicyclic) bond motifs is 1. The Morgan fingerprint density at radius 1 is 1.05 bits per heavy atom. The largest absolute Gasteiger partial charge is 0.494 e. The number of carbonyl (C=O) groups is 3. The zero-order valence-electron chi connectivity index (χ0n) is 20.4. The number of halogens is 1. The second kappa shape index (κ2) is 10.8. The molecule has 0 saturated carbocycles. The summed E-state index contributed by atoms with van der Waals surface area (Å²) in [4.78, 5) is 52.1. The third kappa shape index (κ3) is 4.86. The highest BCUT2D eigenvalue weighted by Gasteiger charge is 2.43. The van der Waals surface area contributed by atoms with Crippen LogP contribution >= 0.6 is 11.6 Å². The summed E-state index contributed by atoms with van der Waals surface area (Å²) in [6.45, 7) is 0. The van der Waals surface area contributed by atoms with E-state index in [1.165, 1.54) is 30.5 Å². The van der Waals surface area contributed by atoms with Crippen molar-refractivity contribution in [1.29, 1.82) is 0 Å². The highest BCUT2D eigenvalue weighted by Crippen LogP contribution is 2.36. The molecule has 38 heavy (non-hydrogen) atoms. The van der Waals surface area contributed by atoms with Crippen LogP contribution in [0.2, 0.25) is 5.02 Å². The van der Waals surface area contributed by atoms with Gasteiger partial charge in [0.25, 0.3) is 5.91 Å². The Morgan fingerprint density at radius 3 is 2.58 bits per heavy atom. The van der Waals surface area contributed by atoms with Crippen molar-refractivity contribution in [2.75, 3.05) is 12.4 Å². The monoisotopic (exact) mass is 526 g/mol. The summed E-state index contributed by atoms with van der Waals surface area (Å²) >= 11 is 6.19. The summed E-state index contributed by atoms with van der Waals surface area (Å²) in [5.41, 5.74) is 1.88. The first-order chi connectivity index (χ1) is 18.5. The molecule has 0 radical (unpaired) electrons. The molecule has 3 heterocycles. The summed E-state index contributed by atoms with van der Waals surface area (Å²) < 4.78 is 5.41. The van der Waals surface area contributed by atoms with Crippen LogP contribution < -0.4 is 10.1 Å². The number of nitrogens with zero attached hydrogens (tertiary/aromatic N) is 3. The maximum Gasteiger partial charge on any atom is 0.257 e. The van der Waals surface area contributed by atoms with E-state index in [1.807, 2.05) is 6.07 Å². The maximum absolute atomic E-state index is 14.3. The average molecular weight is 527 g/mol. The van der Waals surface area contributed by atoms with Gasteiger partial charge in [0, 0.05) is 29.5 Å². The molecule has 9 heteroatoms. The number of aromatic nitrogens is 2. The Balaban J connectivity index is 1.72. The van der Waals surface area contributed by atoms with Gasteiger partial charge in [-0.1, -0.05) is 48.0 Å². The van der Waals surface area contributed by atoms with Crippen LogP contribution in [-0.4, -0.2) is 45.6 Å². The normalized spacial score (nSPS) is 15.7. The second-order valence-corrected chi connectivity index (χ2v) is 9.12. The molecule has 2 atom stereocenters. The van der Waals surface area contributed by atoms with Crippen LogP contribution in [0.3, 0.4) is 0 Å². The summed E-state index contributed by atoms with van der Waals surface area (Å²) in [6.07, 6.45) is 4.63. The van der Waals surface area contributed by atoms with E-state index in [-0.39, 0.29) is 29.0 Å². The van der Waals surface area contributed by atoms with E-state index in [9.17, 15) is 14.4 Å². The minimum absolute atomic E-state index is 0.0875. The van der Waals surface area contributed by atoms with E-state index >= 15 is 0 Å². The number of nitrogens with one attached hydrogen (secondary N) is 1. The number of amides is 2. The predicted molar refractivity (Wildman–Crippen MR) is 142 cm³/mol. The number of hydrogen-bond donors (Lipinski definition) is 1. The van der Waals surface area contributed by atoms with E-state index in [0.29, 0.717) is 16.3 Å². The van der Waals surface area contributed by atoms with Crippen molar-refractivity contribution in [3.8, 4) is 5.75 Å². The van der Waals surface area contributed by atoms with E-state index in [2.05, 4.69) is 15.3 Å². The van der Waals surface area contributed by atoms with Gasteiger partial charge in [0.1, 0.15) is 17.8 Å². The lowest BCUT2D eigenvalue weighted by Crippen LogP contribution is -2.50. The fourth-order valence-electron chi connectivity index (χ4n) is 4.60. The number of anilines is 1. The lowest BCUT2D eigenvalue weighted by molar-refractivity contribution is -0.120. The van der Waals surface area contributed by atoms with Crippen molar-refractivity contribution in [2.24, 2.45) is 0 Å². The van der Waals surface area contributed by atoms with Crippen LogP contribution in [0.4, 0.5) is 5.69 Å². The number of benzene rings is 2. The molecule has 190 valence electrons. The van der Waals surface area contributed by atoms with Crippen LogP contribution in [0.1, 0.15) is 38.0 Å². The van der Waals surface area contributed by atoms with Gasteiger partial charge in [0.05, 0.1) is 30.1 Å². The van der Waals surface area contributed by atoms with Crippen LogP contribution in [0.15, 0.2) is 91.4 Å². The number of carbonyl (C=O) groups excluding carboxylic acids is 3. The Kier molecular flexibility index (Phi) is 7.15. The first-order valence-electron chi connectivity index (χ1n) is 11.9. The number of ketones is 1. The SMILES string of the molecule is COc1cnccc1C(=O)C(c1ccccc1)N1C(=O)c2ccc(Cl)cc2NC(=O)[C@H]1Cc1ccccn1. The van der Waals surface area contributed by atoms with Gasteiger partial charge in [0.15, 0.2) is 5.78 Å². The number of methoxy groups -OCH3 is 1. The molecule has 5 rings (SSSR count). The van der Waals surface area contributed by atoms with Gasteiger partial charge < -0.3 is 15.0 Å². The van der Waals surface area contributed by atoms with Crippen molar-refractivity contribution in [3.63, 3.8) is 0 Å². The van der Waals surface area contributed by atoms with Crippen molar-refractivity contribution in [3.05, 3.63) is 119 Å². The number of ether oxygens (including phenoxy) is 1. The number of Topliss-reactive ketones (excluding diaryl/α,β-unsaturated/α-hetero) is 1. The van der Waals surface area contributed by atoms with Crippen LogP contribution in [0.5, 0.6) is 5.75 Å². The van der Waals surface area contributed by atoms with Gasteiger partial charge in [-0.25, -0.2) is 0 Å². The minimum atomic E-state index is -1.15. The van der Waals surface area contributed by atoms with Crippen molar-refractivity contribution >= 4 is 34.9 Å². The summed E-state index contributed by atoms with van der Waals surface area (Å²) in [5, 5.41) is 3.21. The lowest BCUT2D eigenvalue weighted by atomic mass is 9.92. The Hall–Kier alpha value is -4.56. The quantitative estimate of drug-likeness (QED) is 0.348. The zero-order valence-corrected chi connectivity index (χ0v) is 21.1. The zero-order chi connectivity index (χ0) is 26.6. The fraction of sp³-hybridized carbons (Fsp3) is 0.138. The predicted octanol–water partition coefficient (Wildman–Crippen LogP) is 4.77. The molecule has 0 aliphatic carbocycles. The molecule has 1 aliphatic heterocycles. The topological polar surface area (TPSA) is 101 Å². The molecule has 2 aromatic heterocycles. The molecule has 1 unspecified atom stereocenters. The molecule has 2 amide bonds. The number of rotatable bonds is 7. The second-order valence-electron chi connectivity index (χ2n) is 8.69. The molecule has 0 bridgehead atoms. The first kappa shape index (κ1) is 25.1. The molecule has 1 N–H and O–H groups in total. The molecule has 8 nitrogen and oxygen atoms in total. The Bertz CT molecular complexity index is 1500. The van der Waals surface area contributed by atoms with Gasteiger partial charge in [-0.15, -0.1) is 0 Å². The molecule has 0 spiro atoms. The van der Waals surface area contributed by atoms with E-state index in [4.69, 9.17) is 16.3 Å². The third-order valence-corrected chi connectivity index (χ3v) is 6.62. The third-order valence-electron chi connectivity index (χ3n) is 6.38. The van der Waals surface area contributed by atoms with Gasteiger partial charge >= 0.3 is 0 Å². The van der Waals surface area contributed by atoms with Crippen LogP contribution in [0.25, 0.3) is 0 Å². The molecular formula is C29H23ClN4O4.